The highest BCUT2D eigenvalue weighted by Gasteiger charge is 2.21. The Balaban J connectivity index is 2.33. The molecule has 2 heterocycles. The van der Waals surface area contributed by atoms with Crippen molar-refractivity contribution in [2.75, 3.05) is 7.11 Å². The zero-order chi connectivity index (χ0) is 15.6. The van der Waals surface area contributed by atoms with Gasteiger partial charge >= 0.3 is 11.7 Å². The second-order valence-electron chi connectivity index (χ2n) is 4.51. The molecule has 0 aliphatic heterocycles. The summed E-state index contributed by atoms with van der Waals surface area (Å²) in [6.07, 6.45) is 2.98. The molecular weight excluding hydrogens is 276 g/mol. The maximum atomic E-state index is 11.5. The summed E-state index contributed by atoms with van der Waals surface area (Å²) >= 11 is 0. The van der Waals surface area contributed by atoms with Crippen LogP contribution in [-0.2, 0) is 11.3 Å². The largest absolute Gasteiger partial charge is 0.465 e. The number of pyridine rings is 1. The number of methoxy groups -OCH3 is 1. The van der Waals surface area contributed by atoms with Crippen LogP contribution in [0, 0.1) is 24.0 Å². The van der Waals surface area contributed by atoms with Gasteiger partial charge in [0.25, 0.3) is 0 Å². The third-order valence-electron chi connectivity index (χ3n) is 3.07. The molecule has 0 aromatic carbocycles. The Bertz CT molecular complexity index is 708. The highest BCUT2D eigenvalue weighted by molar-refractivity contribution is 5.89. The van der Waals surface area contributed by atoms with E-state index < -0.39 is 10.9 Å². The number of rotatable bonds is 4. The van der Waals surface area contributed by atoms with E-state index >= 15 is 0 Å². The molecule has 2 aromatic rings. The van der Waals surface area contributed by atoms with Crippen LogP contribution in [0.1, 0.15) is 27.3 Å². The molecule has 0 radical (unpaired) electrons. The van der Waals surface area contributed by atoms with Crippen molar-refractivity contribution in [1.82, 2.24) is 14.8 Å². The average Bonchev–Trinajstić information content (AvgIpc) is 2.72. The van der Waals surface area contributed by atoms with Gasteiger partial charge in [0, 0.05) is 12.4 Å². The van der Waals surface area contributed by atoms with Crippen LogP contribution in [0.4, 0.5) is 5.69 Å². The predicted octanol–water partition coefficient (Wildman–Crippen LogP) is 1.64. The number of nitrogens with zero attached hydrogens (tertiary/aromatic N) is 4. The lowest BCUT2D eigenvalue weighted by Gasteiger charge is -2.05. The van der Waals surface area contributed by atoms with E-state index in [1.54, 1.807) is 26.1 Å². The van der Waals surface area contributed by atoms with E-state index in [4.69, 9.17) is 0 Å². The quantitative estimate of drug-likeness (QED) is 0.482. The van der Waals surface area contributed by atoms with E-state index in [0.29, 0.717) is 29.1 Å². The Hall–Kier alpha value is -2.77. The van der Waals surface area contributed by atoms with Crippen LogP contribution in [-0.4, -0.2) is 32.8 Å². The summed E-state index contributed by atoms with van der Waals surface area (Å²) in [5, 5.41) is 15.1. The molecule has 0 N–H and O–H groups in total. The van der Waals surface area contributed by atoms with Crippen molar-refractivity contribution in [2.45, 2.75) is 20.4 Å². The normalized spacial score (nSPS) is 10.4. The van der Waals surface area contributed by atoms with Crippen molar-refractivity contribution in [3.63, 3.8) is 0 Å². The van der Waals surface area contributed by atoms with Crippen molar-refractivity contribution in [3.05, 3.63) is 51.1 Å². The van der Waals surface area contributed by atoms with Crippen molar-refractivity contribution < 1.29 is 14.5 Å². The first-order chi connectivity index (χ1) is 9.93. The number of ether oxygens (including phenoxy) is 1. The van der Waals surface area contributed by atoms with Crippen LogP contribution >= 0.6 is 0 Å². The molecule has 0 fully saturated rings. The van der Waals surface area contributed by atoms with Gasteiger partial charge in [0.2, 0.25) is 0 Å². The number of carbonyl (C=O) groups excluding carboxylic acids is 1. The highest BCUT2D eigenvalue weighted by atomic mass is 16.6. The molecule has 2 rings (SSSR count). The van der Waals surface area contributed by atoms with Crippen LogP contribution in [0.3, 0.4) is 0 Å². The van der Waals surface area contributed by atoms with Crippen molar-refractivity contribution in [1.29, 1.82) is 0 Å². The molecule has 0 spiro atoms. The van der Waals surface area contributed by atoms with E-state index in [1.807, 2.05) is 0 Å². The Labute approximate surface area is 120 Å². The highest BCUT2D eigenvalue weighted by Crippen LogP contribution is 2.22. The molecule has 0 unspecified atom stereocenters. The molecule has 21 heavy (non-hydrogen) atoms. The van der Waals surface area contributed by atoms with Crippen molar-refractivity contribution in [3.8, 4) is 0 Å². The van der Waals surface area contributed by atoms with E-state index in [-0.39, 0.29) is 5.69 Å². The van der Waals surface area contributed by atoms with Gasteiger partial charge in [-0.15, -0.1) is 0 Å². The second-order valence-corrected chi connectivity index (χ2v) is 4.51. The van der Waals surface area contributed by atoms with Crippen molar-refractivity contribution in [2.24, 2.45) is 0 Å². The van der Waals surface area contributed by atoms with Crippen LogP contribution < -0.4 is 0 Å². The number of nitro groups is 1. The topological polar surface area (TPSA) is 100 Å². The number of aromatic nitrogens is 3. The summed E-state index contributed by atoms with van der Waals surface area (Å²) in [7, 11) is 1.29. The van der Waals surface area contributed by atoms with E-state index in [9.17, 15) is 14.9 Å². The van der Waals surface area contributed by atoms with Gasteiger partial charge in [-0.3, -0.25) is 19.8 Å². The van der Waals surface area contributed by atoms with E-state index in [0.717, 1.165) is 0 Å². The minimum absolute atomic E-state index is 0.00656. The summed E-state index contributed by atoms with van der Waals surface area (Å²) in [4.78, 5) is 25.9. The molecule has 0 bridgehead atoms. The van der Waals surface area contributed by atoms with Crippen LogP contribution in [0.5, 0.6) is 0 Å². The van der Waals surface area contributed by atoms with Gasteiger partial charge < -0.3 is 4.74 Å². The fourth-order valence-electron chi connectivity index (χ4n) is 2.08. The second kappa shape index (κ2) is 5.70. The Kier molecular flexibility index (Phi) is 3.97. The van der Waals surface area contributed by atoms with Crippen LogP contribution in [0.15, 0.2) is 18.5 Å². The number of hydrogen-bond donors (Lipinski definition) is 0. The van der Waals surface area contributed by atoms with Crippen LogP contribution in [0.2, 0.25) is 0 Å². The van der Waals surface area contributed by atoms with Gasteiger partial charge in [-0.2, -0.15) is 5.10 Å². The van der Waals surface area contributed by atoms with Gasteiger partial charge in [-0.1, -0.05) is 0 Å². The van der Waals surface area contributed by atoms with Gasteiger partial charge in [-0.05, 0) is 25.5 Å². The predicted molar refractivity (Wildman–Crippen MR) is 73.0 cm³/mol. The fourth-order valence-corrected chi connectivity index (χ4v) is 2.08. The van der Waals surface area contributed by atoms with E-state index in [2.05, 4.69) is 14.8 Å². The first kappa shape index (κ1) is 14.6. The molecule has 0 saturated heterocycles. The smallest absolute Gasteiger partial charge is 0.339 e. The van der Waals surface area contributed by atoms with Crippen LogP contribution in [0.25, 0.3) is 0 Å². The maximum Gasteiger partial charge on any atom is 0.339 e. The minimum Gasteiger partial charge on any atom is -0.465 e. The minimum atomic E-state index is -0.483. The average molecular weight is 290 g/mol. The molecule has 0 aliphatic carbocycles. The molecule has 110 valence electrons. The standard InChI is InChI=1S/C13H14N4O4/c1-8-12(17(19)20)9(2)16(15-8)7-10-4-11(6-14-5-10)13(18)21-3/h4-6H,7H2,1-3H3. The van der Waals surface area contributed by atoms with E-state index in [1.165, 1.54) is 18.0 Å². The molecule has 0 aliphatic rings. The van der Waals surface area contributed by atoms with Gasteiger partial charge in [0.1, 0.15) is 11.4 Å². The maximum absolute atomic E-state index is 11.5. The van der Waals surface area contributed by atoms with Gasteiger partial charge in [0.05, 0.1) is 24.1 Å². The monoisotopic (exact) mass is 290 g/mol. The molecule has 0 atom stereocenters. The summed E-state index contributed by atoms with van der Waals surface area (Å²) in [6, 6.07) is 1.63. The zero-order valence-corrected chi connectivity index (χ0v) is 11.9. The molecule has 0 amide bonds. The number of aryl methyl sites for hydroxylation is 1. The third kappa shape index (κ3) is 2.88. The molecule has 8 heteroatoms. The number of esters is 1. The van der Waals surface area contributed by atoms with Crippen molar-refractivity contribution >= 4 is 11.7 Å². The molecule has 2 aromatic heterocycles. The lowest BCUT2D eigenvalue weighted by Crippen LogP contribution is -2.07. The zero-order valence-electron chi connectivity index (χ0n) is 11.9. The van der Waals surface area contributed by atoms with Gasteiger partial charge in [0.15, 0.2) is 0 Å². The lowest BCUT2D eigenvalue weighted by atomic mass is 10.2. The summed E-state index contributed by atoms with van der Waals surface area (Å²) in [6.45, 7) is 3.51. The lowest BCUT2D eigenvalue weighted by molar-refractivity contribution is -0.386. The number of carbonyl (C=O) groups is 1. The third-order valence-corrected chi connectivity index (χ3v) is 3.07. The Morgan fingerprint density at radius 3 is 2.71 bits per heavy atom. The first-order valence-corrected chi connectivity index (χ1v) is 6.14. The fraction of sp³-hybridized carbons (Fsp3) is 0.308. The summed E-state index contributed by atoms with van der Waals surface area (Å²) < 4.78 is 6.15. The van der Waals surface area contributed by atoms with Gasteiger partial charge in [-0.25, -0.2) is 4.79 Å². The molecular formula is C13H14N4O4. The molecule has 0 saturated carbocycles. The Morgan fingerprint density at radius 1 is 1.43 bits per heavy atom. The molecule has 8 nitrogen and oxygen atoms in total. The SMILES string of the molecule is COC(=O)c1cncc(Cn2nc(C)c([N+](=O)[O-])c2C)c1. The summed E-state index contributed by atoms with van der Waals surface area (Å²) in [5.41, 5.74) is 1.85. The first-order valence-electron chi connectivity index (χ1n) is 6.14. The number of hydrogen-bond acceptors (Lipinski definition) is 6. The Morgan fingerprint density at radius 2 is 2.14 bits per heavy atom. The summed E-state index contributed by atoms with van der Waals surface area (Å²) in [5.74, 6) is -0.483.